The van der Waals surface area contributed by atoms with E-state index in [9.17, 15) is 0 Å². The smallest absolute Gasteiger partial charge is 0.138 e. The molecule has 0 unspecified atom stereocenters. The van der Waals surface area contributed by atoms with E-state index in [0.29, 0.717) is 0 Å². The van der Waals surface area contributed by atoms with Crippen molar-refractivity contribution < 1.29 is 4.42 Å². The number of aryl methyl sites for hydroxylation is 1. The number of allylic oxidation sites excluding steroid dienone is 6. The number of anilines is 2. The first kappa shape index (κ1) is 27.6. The molecule has 39 heavy (non-hydrogen) atoms. The highest BCUT2D eigenvalue weighted by atomic mass is 16.3. The number of terminal acetylenes is 1. The minimum Gasteiger partial charge on any atom is -0.456 e. The van der Waals surface area contributed by atoms with Crippen molar-refractivity contribution in [1.82, 2.24) is 0 Å². The lowest BCUT2D eigenvalue weighted by atomic mass is 9.81. The maximum atomic E-state index is 6.47. The summed E-state index contributed by atoms with van der Waals surface area (Å²) in [5.41, 5.74) is 15.2. The van der Waals surface area contributed by atoms with Gasteiger partial charge in [0.1, 0.15) is 11.5 Å². The highest BCUT2D eigenvalue weighted by molar-refractivity contribution is 5.90. The van der Waals surface area contributed by atoms with Crippen LogP contribution in [0.4, 0.5) is 11.4 Å². The minimum absolute atomic E-state index is 0.123. The first-order valence-corrected chi connectivity index (χ1v) is 13.3. The van der Waals surface area contributed by atoms with E-state index in [1.165, 1.54) is 39.0 Å². The van der Waals surface area contributed by atoms with Crippen molar-refractivity contribution >= 4 is 23.0 Å². The molecule has 0 N–H and O–H groups in total. The molecule has 0 aliphatic heterocycles. The zero-order chi connectivity index (χ0) is 28.3. The molecule has 3 aromatic rings. The summed E-state index contributed by atoms with van der Waals surface area (Å²) in [6, 6.07) is 15.6. The van der Waals surface area contributed by atoms with Gasteiger partial charge in [0.05, 0.1) is 0 Å². The predicted octanol–water partition coefficient (Wildman–Crippen LogP) is 9.90. The Balaban J connectivity index is 0.00000172. The van der Waals surface area contributed by atoms with Crippen LogP contribution in [0.25, 0.3) is 11.6 Å². The third-order valence-electron chi connectivity index (χ3n) is 7.87. The largest absolute Gasteiger partial charge is 0.456 e. The van der Waals surface area contributed by atoms with Crippen LogP contribution in [0.2, 0.25) is 0 Å². The molecule has 0 spiro atoms. The molecule has 0 radical (unpaired) electrons. The van der Waals surface area contributed by atoms with Gasteiger partial charge in [-0.25, -0.2) is 0 Å². The zero-order valence-electron chi connectivity index (χ0n) is 24.1. The Morgan fingerprint density at radius 2 is 1.67 bits per heavy atom. The summed E-state index contributed by atoms with van der Waals surface area (Å²) < 4.78 is 6.47. The summed E-state index contributed by atoms with van der Waals surface area (Å²) in [6.07, 6.45) is 22.3. The van der Waals surface area contributed by atoms with Crippen LogP contribution in [0.15, 0.2) is 100 Å². The summed E-state index contributed by atoms with van der Waals surface area (Å²) in [5.74, 6) is 1.93. The third kappa shape index (κ3) is 4.90. The SMILES string of the molecule is C#C.C/C=C\c1oc(C2=C(C)C(C)(C)c3cc(N(C4=CC=C=CC=C4)c4cccc(C)c4)ccc32)c(C)c1C. The fraction of sp³-hybridized carbons (Fsp3) is 0.216. The molecule has 2 aliphatic carbocycles. The summed E-state index contributed by atoms with van der Waals surface area (Å²) in [5, 5.41) is 0. The van der Waals surface area contributed by atoms with Crippen molar-refractivity contribution in [3.05, 3.63) is 135 Å². The van der Waals surface area contributed by atoms with Crippen LogP contribution in [-0.4, -0.2) is 0 Å². The number of furan rings is 1. The summed E-state index contributed by atoms with van der Waals surface area (Å²) in [7, 11) is 0. The molecule has 196 valence electrons. The monoisotopic (exact) mass is 511 g/mol. The second-order valence-electron chi connectivity index (χ2n) is 10.5. The van der Waals surface area contributed by atoms with Crippen molar-refractivity contribution in [3.8, 4) is 12.8 Å². The van der Waals surface area contributed by atoms with Crippen LogP contribution in [0, 0.1) is 33.6 Å². The number of nitrogens with zero attached hydrogens (tertiary/aromatic N) is 1. The molecule has 2 aromatic carbocycles. The van der Waals surface area contributed by atoms with Gasteiger partial charge in [0.2, 0.25) is 0 Å². The molecule has 0 fully saturated rings. The van der Waals surface area contributed by atoms with Crippen molar-refractivity contribution in [2.24, 2.45) is 0 Å². The molecule has 0 amide bonds. The molecule has 2 heteroatoms. The molecule has 0 saturated heterocycles. The Hall–Kier alpha value is -4.44. The average molecular weight is 512 g/mol. The van der Waals surface area contributed by atoms with E-state index in [1.807, 2.05) is 31.2 Å². The fourth-order valence-corrected chi connectivity index (χ4v) is 5.39. The van der Waals surface area contributed by atoms with Gasteiger partial charge in [-0.1, -0.05) is 49.8 Å². The standard InChI is InChI=1S/C35H35NO.C2H2/c1-8-14-32-24(3)25(4)34(37-32)33-26(5)35(6,7)31-22-29(19-20-30(31)33)36(27-16-11-9-10-12-17-27)28-18-13-15-23(2)21-28;1-2/h8-9,11-22H,1-7H3;1-2H/b14-8-;. The number of hydrogen-bond acceptors (Lipinski definition) is 2. The minimum atomic E-state index is -0.123. The van der Waals surface area contributed by atoms with Crippen molar-refractivity contribution in [3.63, 3.8) is 0 Å². The number of benzene rings is 2. The van der Waals surface area contributed by atoms with Crippen molar-refractivity contribution in [2.45, 2.75) is 53.9 Å². The van der Waals surface area contributed by atoms with Crippen molar-refractivity contribution in [1.29, 1.82) is 0 Å². The Morgan fingerprint density at radius 1 is 0.923 bits per heavy atom. The second-order valence-corrected chi connectivity index (χ2v) is 10.5. The Bertz CT molecular complexity index is 1620. The maximum Gasteiger partial charge on any atom is 0.138 e. The third-order valence-corrected chi connectivity index (χ3v) is 7.87. The van der Waals surface area contributed by atoms with Crippen molar-refractivity contribution in [2.75, 3.05) is 4.90 Å². The highest BCUT2D eigenvalue weighted by Gasteiger charge is 2.38. The molecule has 0 saturated carbocycles. The fourth-order valence-electron chi connectivity index (χ4n) is 5.39. The number of fused-ring (bicyclic) bond motifs is 1. The molecular weight excluding hydrogens is 474 g/mol. The second kappa shape index (κ2) is 11.1. The Kier molecular flexibility index (Phi) is 7.87. The van der Waals surface area contributed by atoms with Gasteiger partial charge >= 0.3 is 0 Å². The van der Waals surface area contributed by atoms with Crippen LogP contribution in [0.5, 0.6) is 0 Å². The van der Waals surface area contributed by atoms with Gasteiger partial charge in [-0.2, -0.15) is 0 Å². The van der Waals surface area contributed by atoms with E-state index < -0.39 is 0 Å². The summed E-state index contributed by atoms with van der Waals surface area (Å²) in [4.78, 5) is 2.33. The normalized spacial score (nSPS) is 15.2. The summed E-state index contributed by atoms with van der Waals surface area (Å²) in [6.45, 7) is 15.4. The molecule has 1 heterocycles. The number of hydrogen-bond donors (Lipinski definition) is 0. The van der Waals surface area contributed by atoms with E-state index in [4.69, 9.17) is 4.42 Å². The van der Waals surface area contributed by atoms with E-state index in [-0.39, 0.29) is 5.41 Å². The van der Waals surface area contributed by atoms with Gasteiger partial charge in [-0.05, 0) is 117 Å². The quantitative estimate of drug-likeness (QED) is 0.250. The van der Waals surface area contributed by atoms with Gasteiger partial charge in [0.25, 0.3) is 0 Å². The van der Waals surface area contributed by atoms with Gasteiger partial charge in [-0.3, -0.25) is 0 Å². The first-order chi connectivity index (χ1) is 18.7. The lowest BCUT2D eigenvalue weighted by Gasteiger charge is -2.29. The van der Waals surface area contributed by atoms with Gasteiger partial charge in [0, 0.05) is 28.1 Å². The first-order valence-electron chi connectivity index (χ1n) is 13.3. The number of rotatable bonds is 5. The van der Waals surface area contributed by atoms with Gasteiger partial charge in [-0.15, -0.1) is 18.6 Å². The van der Waals surface area contributed by atoms with Crippen LogP contribution in [0.3, 0.4) is 0 Å². The molecule has 1 aromatic heterocycles. The predicted molar refractivity (Wildman–Crippen MR) is 167 cm³/mol. The lowest BCUT2D eigenvalue weighted by molar-refractivity contribution is 0.539. The van der Waals surface area contributed by atoms with E-state index in [0.717, 1.165) is 28.6 Å². The molecule has 2 nitrogen and oxygen atoms in total. The maximum absolute atomic E-state index is 6.47. The van der Waals surface area contributed by atoms with Crippen LogP contribution in [0.1, 0.15) is 67.0 Å². The lowest BCUT2D eigenvalue weighted by Crippen LogP contribution is -2.19. The Morgan fingerprint density at radius 3 is 2.38 bits per heavy atom. The zero-order valence-corrected chi connectivity index (χ0v) is 24.1. The van der Waals surface area contributed by atoms with Crippen LogP contribution in [-0.2, 0) is 5.41 Å². The van der Waals surface area contributed by atoms with Crippen LogP contribution >= 0.6 is 0 Å². The molecule has 5 rings (SSSR count). The van der Waals surface area contributed by atoms with Crippen LogP contribution < -0.4 is 4.90 Å². The molecule has 2 aliphatic rings. The van der Waals surface area contributed by atoms with Gasteiger partial charge < -0.3 is 9.32 Å². The highest BCUT2D eigenvalue weighted by Crippen LogP contribution is 2.51. The average Bonchev–Trinajstić information content (AvgIpc) is 3.16. The molecule has 0 bridgehead atoms. The topological polar surface area (TPSA) is 16.4 Å². The van der Waals surface area contributed by atoms with Gasteiger partial charge in [0.15, 0.2) is 0 Å². The van der Waals surface area contributed by atoms with E-state index in [1.54, 1.807) is 0 Å². The van der Waals surface area contributed by atoms with E-state index in [2.05, 4.69) is 126 Å². The molecule has 0 atom stereocenters. The Labute approximate surface area is 234 Å². The molecular formula is C37H37NO. The summed E-state index contributed by atoms with van der Waals surface area (Å²) >= 11 is 0. The van der Waals surface area contributed by atoms with E-state index >= 15 is 0 Å².